The van der Waals surface area contributed by atoms with Crippen molar-refractivity contribution in [1.29, 1.82) is 0 Å². The lowest BCUT2D eigenvalue weighted by Gasteiger charge is -2.24. The summed E-state index contributed by atoms with van der Waals surface area (Å²) >= 11 is 0. The number of ether oxygens (including phenoxy) is 1. The Morgan fingerprint density at radius 1 is 0.895 bits per heavy atom. The molecule has 2 aromatic rings. The summed E-state index contributed by atoms with van der Waals surface area (Å²) in [6.45, 7) is 0.445. The second-order valence-corrected chi connectivity index (χ2v) is 5.06. The van der Waals surface area contributed by atoms with Crippen LogP contribution in [0.15, 0.2) is 60.7 Å². The van der Waals surface area contributed by atoms with E-state index in [2.05, 4.69) is 48.5 Å². The molecule has 0 amide bonds. The maximum absolute atomic E-state index is 9.72. The number of hydrogen-bond donors (Lipinski definition) is 1. The molecule has 1 fully saturated rings. The molecule has 0 aliphatic carbocycles. The van der Waals surface area contributed by atoms with Gasteiger partial charge in [-0.15, -0.1) is 0 Å². The molecule has 0 saturated carbocycles. The molecule has 0 radical (unpaired) electrons. The van der Waals surface area contributed by atoms with Crippen molar-refractivity contribution in [3.05, 3.63) is 71.8 Å². The van der Waals surface area contributed by atoms with Gasteiger partial charge in [-0.25, -0.2) is 0 Å². The fraction of sp³-hybridized carbons (Fsp3) is 0.294. The molecule has 1 saturated heterocycles. The summed E-state index contributed by atoms with van der Waals surface area (Å²) < 4.78 is 5.79. The van der Waals surface area contributed by atoms with Crippen LogP contribution in [0.1, 0.15) is 23.5 Å². The molecule has 0 aromatic heterocycles. The van der Waals surface area contributed by atoms with Gasteiger partial charge in [0, 0.05) is 12.3 Å². The predicted octanol–water partition coefficient (Wildman–Crippen LogP) is 2.97. The van der Waals surface area contributed by atoms with Gasteiger partial charge in [0.2, 0.25) is 0 Å². The predicted molar refractivity (Wildman–Crippen MR) is 75.1 cm³/mol. The minimum absolute atomic E-state index is 0.0554. The minimum atomic E-state index is -0.333. The average molecular weight is 254 g/mol. The molecule has 2 heteroatoms. The van der Waals surface area contributed by atoms with Gasteiger partial charge in [0.15, 0.2) is 0 Å². The Kier molecular flexibility index (Phi) is 3.62. The topological polar surface area (TPSA) is 29.5 Å². The summed E-state index contributed by atoms with van der Waals surface area (Å²) in [6, 6.07) is 20.8. The first-order valence-corrected chi connectivity index (χ1v) is 6.74. The van der Waals surface area contributed by atoms with Crippen LogP contribution in [0.4, 0.5) is 0 Å². The van der Waals surface area contributed by atoms with Gasteiger partial charge in [-0.05, 0) is 11.1 Å². The van der Waals surface area contributed by atoms with Crippen molar-refractivity contribution in [1.82, 2.24) is 0 Å². The molecule has 2 atom stereocenters. The van der Waals surface area contributed by atoms with Crippen LogP contribution in [0.3, 0.4) is 0 Å². The van der Waals surface area contributed by atoms with Crippen molar-refractivity contribution < 1.29 is 9.84 Å². The number of aliphatic hydroxyl groups excluding tert-OH is 1. The van der Waals surface area contributed by atoms with Gasteiger partial charge in [0.05, 0.1) is 18.8 Å². The van der Waals surface area contributed by atoms with Crippen molar-refractivity contribution in [2.75, 3.05) is 6.61 Å². The van der Waals surface area contributed by atoms with Gasteiger partial charge in [-0.3, -0.25) is 0 Å². The Balaban J connectivity index is 1.97. The van der Waals surface area contributed by atoms with E-state index < -0.39 is 0 Å². The molecule has 1 N–H and O–H groups in total. The normalized spacial score (nSPS) is 22.8. The van der Waals surface area contributed by atoms with E-state index in [0.29, 0.717) is 13.0 Å². The lowest BCUT2D eigenvalue weighted by Crippen LogP contribution is -2.19. The van der Waals surface area contributed by atoms with Crippen LogP contribution in [0.25, 0.3) is 0 Å². The molecule has 0 unspecified atom stereocenters. The molecular formula is C17H18O2. The first kappa shape index (κ1) is 12.4. The highest BCUT2D eigenvalue weighted by molar-refractivity contribution is 5.34. The Morgan fingerprint density at radius 2 is 1.42 bits per heavy atom. The van der Waals surface area contributed by atoms with Crippen molar-refractivity contribution in [2.24, 2.45) is 0 Å². The third-order valence-electron chi connectivity index (χ3n) is 3.70. The lowest BCUT2D eigenvalue weighted by atomic mass is 9.85. The van der Waals surface area contributed by atoms with Crippen LogP contribution in [-0.4, -0.2) is 23.9 Å². The van der Waals surface area contributed by atoms with E-state index >= 15 is 0 Å². The number of hydrogen-bond acceptors (Lipinski definition) is 2. The Morgan fingerprint density at radius 3 is 1.84 bits per heavy atom. The first-order chi connectivity index (χ1) is 9.34. The van der Waals surface area contributed by atoms with Crippen molar-refractivity contribution in [3.63, 3.8) is 0 Å². The van der Waals surface area contributed by atoms with Gasteiger partial charge >= 0.3 is 0 Å². The van der Waals surface area contributed by atoms with E-state index in [4.69, 9.17) is 4.74 Å². The average Bonchev–Trinajstić information content (AvgIpc) is 2.88. The SMILES string of the molecule is O[C@H]1CO[C@@H](C(c2ccccc2)c2ccccc2)C1. The Bertz CT molecular complexity index is 470. The fourth-order valence-corrected chi connectivity index (χ4v) is 2.81. The third kappa shape index (κ3) is 2.70. The summed E-state index contributed by atoms with van der Waals surface area (Å²) in [6.07, 6.45) is 0.425. The van der Waals surface area contributed by atoms with Crippen molar-refractivity contribution in [3.8, 4) is 0 Å². The zero-order valence-electron chi connectivity index (χ0n) is 10.8. The van der Waals surface area contributed by atoms with Gasteiger partial charge < -0.3 is 9.84 Å². The molecule has 1 heterocycles. The molecule has 1 aliphatic heterocycles. The van der Waals surface area contributed by atoms with E-state index in [1.54, 1.807) is 0 Å². The molecule has 0 spiro atoms. The number of benzene rings is 2. The van der Waals surface area contributed by atoms with E-state index in [1.807, 2.05) is 12.1 Å². The van der Waals surface area contributed by atoms with E-state index in [9.17, 15) is 5.11 Å². The molecule has 2 aromatic carbocycles. The summed E-state index contributed by atoms with van der Waals surface area (Å²) in [5.41, 5.74) is 2.49. The highest BCUT2D eigenvalue weighted by atomic mass is 16.5. The van der Waals surface area contributed by atoms with Crippen LogP contribution in [0, 0.1) is 0 Å². The van der Waals surface area contributed by atoms with Crippen LogP contribution in [-0.2, 0) is 4.74 Å². The zero-order chi connectivity index (χ0) is 13.1. The van der Waals surface area contributed by atoms with E-state index in [0.717, 1.165) is 0 Å². The largest absolute Gasteiger partial charge is 0.391 e. The zero-order valence-corrected chi connectivity index (χ0v) is 10.8. The Labute approximate surface area is 113 Å². The lowest BCUT2D eigenvalue weighted by molar-refractivity contribution is 0.0804. The molecule has 2 nitrogen and oxygen atoms in total. The minimum Gasteiger partial charge on any atom is -0.391 e. The van der Waals surface area contributed by atoms with Crippen LogP contribution >= 0.6 is 0 Å². The summed E-state index contributed by atoms with van der Waals surface area (Å²) in [4.78, 5) is 0. The summed E-state index contributed by atoms with van der Waals surface area (Å²) in [5.74, 6) is 0.194. The van der Waals surface area contributed by atoms with Crippen molar-refractivity contribution in [2.45, 2.75) is 24.5 Å². The van der Waals surface area contributed by atoms with Crippen LogP contribution in [0.5, 0.6) is 0 Å². The van der Waals surface area contributed by atoms with E-state index in [1.165, 1.54) is 11.1 Å². The smallest absolute Gasteiger partial charge is 0.0798 e. The van der Waals surface area contributed by atoms with Gasteiger partial charge in [-0.1, -0.05) is 60.7 Å². The molecule has 0 bridgehead atoms. The number of rotatable bonds is 3. The van der Waals surface area contributed by atoms with Crippen molar-refractivity contribution >= 4 is 0 Å². The van der Waals surface area contributed by atoms with E-state index in [-0.39, 0.29) is 18.1 Å². The highest BCUT2D eigenvalue weighted by Gasteiger charge is 2.32. The second-order valence-electron chi connectivity index (χ2n) is 5.06. The van der Waals surface area contributed by atoms with Gasteiger partial charge in [0.25, 0.3) is 0 Å². The molecule has 19 heavy (non-hydrogen) atoms. The standard InChI is InChI=1S/C17H18O2/c18-15-11-16(19-12-15)17(13-7-3-1-4-8-13)14-9-5-2-6-10-14/h1-10,15-18H,11-12H2/t15-,16-/m1/s1. The van der Waals surface area contributed by atoms with Crippen LogP contribution < -0.4 is 0 Å². The first-order valence-electron chi connectivity index (χ1n) is 6.74. The fourth-order valence-electron chi connectivity index (χ4n) is 2.81. The van der Waals surface area contributed by atoms with Gasteiger partial charge in [0.1, 0.15) is 0 Å². The molecular weight excluding hydrogens is 236 g/mol. The summed E-state index contributed by atoms with van der Waals surface area (Å²) in [5, 5.41) is 9.72. The molecule has 3 rings (SSSR count). The summed E-state index contributed by atoms with van der Waals surface area (Å²) in [7, 11) is 0. The second kappa shape index (κ2) is 5.55. The maximum Gasteiger partial charge on any atom is 0.0798 e. The maximum atomic E-state index is 9.72. The quantitative estimate of drug-likeness (QED) is 0.912. The molecule has 1 aliphatic rings. The Hall–Kier alpha value is -1.64. The molecule has 98 valence electrons. The highest BCUT2D eigenvalue weighted by Crippen LogP contribution is 2.34. The van der Waals surface area contributed by atoms with Crippen LogP contribution in [0.2, 0.25) is 0 Å². The van der Waals surface area contributed by atoms with Gasteiger partial charge in [-0.2, -0.15) is 0 Å². The monoisotopic (exact) mass is 254 g/mol. The third-order valence-corrected chi connectivity index (χ3v) is 3.70. The number of aliphatic hydroxyl groups is 1.